The second kappa shape index (κ2) is 12.2. The number of amides is 1. The molecule has 1 fully saturated rings. The van der Waals surface area contributed by atoms with Gasteiger partial charge in [-0.1, -0.05) is 60.7 Å². The SMILES string of the molecule is COC(=O)C1(OCCN(Cc2ccccc2)Cc2ccccc2)CCN(C(=O)OC(C)(C)C)CC1. The number of hydrogen-bond donors (Lipinski definition) is 0. The maximum absolute atomic E-state index is 12.8. The molecule has 7 nitrogen and oxygen atoms in total. The summed E-state index contributed by atoms with van der Waals surface area (Å²) in [6, 6.07) is 20.6. The smallest absolute Gasteiger partial charge is 0.410 e. The zero-order valence-corrected chi connectivity index (χ0v) is 21.4. The van der Waals surface area contributed by atoms with Crippen LogP contribution in [-0.4, -0.2) is 66.4 Å². The fourth-order valence-electron chi connectivity index (χ4n) is 4.24. The van der Waals surface area contributed by atoms with Crippen molar-refractivity contribution in [3.8, 4) is 0 Å². The Morgan fingerprint density at radius 3 is 1.89 bits per heavy atom. The summed E-state index contributed by atoms with van der Waals surface area (Å²) in [5.41, 5.74) is 0.817. The molecule has 35 heavy (non-hydrogen) atoms. The molecule has 0 spiro atoms. The zero-order valence-electron chi connectivity index (χ0n) is 21.4. The summed E-state index contributed by atoms with van der Waals surface area (Å²) < 4.78 is 16.9. The van der Waals surface area contributed by atoms with Crippen LogP contribution in [0.2, 0.25) is 0 Å². The van der Waals surface area contributed by atoms with E-state index in [-0.39, 0.29) is 12.1 Å². The van der Waals surface area contributed by atoms with Crippen LogP contribution in [0.25, 0.3) is 0 Å². The van der Waals surface area contributed by atoms with Crippen LogP contribution in [0, 0.1) is 0 Å². The van der Waals surface area contributed by atoms with Gasteiger partial charge in [0.25, 0.3) is 0 Å². The van der Waals surface area contributed by atoms with E-state index in [0.717, 1.165) is 13.1 Å². The molecule has 0 unspecified atom stereocenters. The predicted molar refractivity (Wildman–Crippen MR) is 135 cm³/mol. The lowest BCUT2D eigenvalue weighted by atomic mass is 9.91. The van der Waals surface area contributed by atoms with E-state index < -0.39 is 11.2 Å². The average molecular weight is 483 g/mol. The van der Waals surface area contributed by atoms with Gasteiger partial charge < -0.3 is 19.1 Å². The monoisotopic (exact) mass is 482 g/mol. The van der Waals surface area contributed by atoms with E-state index in [1.165, 1.54) is 18.2 Å². The number of nitrogens with zero attached hydrogens (tertiary/aromatic N) is 2. The van der Waals surface area contributed by atoms with Crippen LogP contribution in [-0.2, 0) is 32.1 Å². The molecule has 2 aromatic rings. The van der Waals surface area contributed by atoms with Gasteiger partial charge in [0.05, 0.1) is 13.7 Å². The zero-order chi connectivity index (χ0) is 25.3. The summed E-state index contributed by atoms with van der Waals surface area (Å²) in [5.74, 6) is -0.390. The Balaban J connectivity index is 1.62. The fraction of sp³-hybridized carbons (Fsp3) is 0.500. The van der Waals surface area contributed by atoms with Gasteiger partial charge in [-0.05, 0) is 31.9 Å². The van der Waals surface area contributed by atoms with Gasteiger partial charge in [0.2, 0.25) is 0 Å². The lowest BCUT2D eigenvalue weighted by molar-refractivity contribution is -0.177. The molecule has 0 radical (unpaired) electrons. The third-order valence-electron chi connectivity index (χ3n) is 6.06. The van der Waals surface area contributed by atoms with Crippen LogP contribution in [0.1, 0.15) is 44.7 Å². The second-order valence-electron chi connectivity index (χ2n) is 9.98. The van der Waals surface area contributed by atoms with Crippen molar-refractivity contribution in [1.29, 1.82) is 0 Å². The Hall–Kier alpha value is -2.90. The average Bonchev–Trinajstić information content (AvgIpc) is 2.84. The van der Waals surface area contributed by atoms with Gasteiger partial charge in [-0.25, -0.2) is 9.59 Å². The van der Waals surface area contributed by atoms with Crippen molar-refractivity contribution in [3.63, 3.8) is 0 Å². The van der Waals surface area contributed by atoms with Crippen LogP contribution in [0.3, 0.4) is 0 Å². The number of hydrogen-bond acceptors (Lipinski definition) is 6. The summed E-state index contributed by atoms with van der Waals surface area (Å²) >= 11 is 0. The number of carbonyl (C=O) groups is 2. The molecule has 0 bridgehead atoms. The fourth-order valence-corrected chi connectivity index (χ4v) is 4.24. The topological polar surface area (TPSA) is 68.3 Å². The minimum absolute atomic E-state index is 0.368. The first kappa shape index (κ1) is 26.7. The minimum atomic E-state index is -1.06. The summed E-state index contributed by atoms with van der Waals surface area (Å²) in [6.45, 7) is 8.85. The van der Waals surface area contributed by atoms with Crippen molar-refractivity contribution in [1.82, 2.24) is 9.80 Å². The maximum Gasteiger partial charge on any atom is 0.410 e. The van der Waals surface area contributed by atoms with E-state index in [0.29, 0.717) is 39.1 Å². The lowest BCUT2D eigenvalue weighted by Gasteiger charge is -2.40. The van der Waals surface area contributed by atoms with Crippen LogP contribution in [0.4, 0.5) is 4.79 Å². The standard InChI is InChI=1S/C28H38N2O5/c1-27(2,3)35-26(32)30-17-15-28(16-18-30,25(31)33-4)34-20-19-29(21-23-11-7-5-8-12-23)22-24-13-9-6-10-14-24/h5-14H,15-22H2,1-4H3. The van der Waals surface area contributed by atoms with E-state index in [1.807, 2.05) is 57.2 Å². The van der Waals surface area contributed by atoms with E-state index in [1.54, 1.807) is 4.90 Å². The number of piperidine rings is 1. The summed E-state index contributed by atoms with van der Waals surface area (Å²) in [5, 5.41) is 0. The molecule has 0 saturated carbocycles. The van der Waals surface area contributed by atoms with Gasteiger partial charge in [0.1, 0.15) is 5.60 Å². The highest BCUT2D eigenvalue weighted by Crippen LogP contribution is 2.29. The number of esters is 1. The van der Waals surface area contributed by atoms with Crippen molar-refractivity contribution in [2.75, 3.05) is 33.4 Å². The molecular weight excluding hydrogens is 444 g/mol. The number of ether oxygens (including phenoxy) is 3. The minimum Gasteiger partial charge on any atom is -0.467 e. The van der Waals surface area contributed by atoms with Gasteiger partial charge >= 0.3 is 12.1 Å². The molecule has 0 aromatic heterocycles. The highest BCUT2D eigenvalue weighted by atomic mass is 16.6. The van der Waals surface area contributed by atoms with E-state index in [9.17, 15) is 9.59 Å². The maximum atomic E-state index is 12.8. The normalized spacial score (nSPS) is 15.6. The lowest BCUT2D eigenvalue weighted by Crippen LogP contribution is -2.54. The van der Waals surface area contributed by atoms with E-state index >= 15 is 0 Å². The summed E-state index contributed by atoms with van der Waals surface area (Å²) in [4.78, 5) is 29.2. The van der Waals surface area contributed by atoms with Crippen molar-refractivity contribution >= 4 is 12.1 Å². The molecule has 1 saturated heterocycles. The number of carbonyl (C=O) groups excluding carboxylic acids is 2. The Morgan fingerprint density at radius 2 is 1.43 bits per heavy atom. The molecule has 0 atom stereocenters. The molecule has 0 aliphatic carbocycles. The Morgan fingerprint density at radius 1 is 0.914 bits per heavy atom. The third kappa shape index (κ3) is 8.08. The van der Waals surface area contributed by atoms with Crippen LogP contribution >= 0.6 is 0 Å². The first-order valence-corrected chi connectivity index (χ1v) is 12.2. The quantitative estimate of drug-likeness (QED) is 0.485. The van der Waals surface area contributed by atoms with Gasteiger partial charge in [0.15, 0.2) is 5.60 Å². The van der Waals surface area contributed by atoms with Gasteiger partial charge in [-0.3, -0.25) is 4.90 Å². The Kier molecular flexibility index (Phi) is 9.29. The molecule has 3 rings (SSSR count). The van der Waals surface area contributed by atoms with Crippen LogP contribution < -0.4 is 0 Å². The molecule has 1 aliphatic rings. The summed E-state index contributed by atoms with van der Waals surface area (Å²) in [6.07, 6.45) is 0.375. The predicted octanol–water partition coefficient (Wildman–Crippen LogP) is 4.65. The third-order valence-corrected chi connectivity index (χ3v) is 6.06. The molecular formula is C28H38N2O5. The molecule has 1 aliphatic heterocycles. The van der Waals surface area contributed by atoms with Crippen molar-refractivity contribution in [2.45, 2.75) is 57.9 Å². The summed E-state index contributed by atoms with van der Waals surface area (Å²) in [7, 11) is 1.38. The van der Waals surface area contributed by atoms with Crippen LogP contribution in [0.5, 0.6) is 0 Å². The second-order valence-corrected chi connectivity index (χ2v) is 9.98. The number of rotatable bonds is 9. The Bertz CT molecular complexity index is 893. The van der Waals surface area contributed by atoms with Crippen LogP contribution in [0.15, 0.2) is 60.7 Å². The highest BCUT2D eigenvalue weighted by Gasteiger charge is 2.45. The van der Waals surface area contributed by atoms with Crippen molar-refractivity contribution in [2.24, 2.45) is 0 Å². The number of benzene rings is 2. The molecule has 2 aromatic carbocycles. The van der Waals surface area contributed by atoms with Gasteiger partial charge in [-0.15, -0.1) is 0 Å². The first-order chi connectivity index (χ1) is 16.7. The van der Waals surface area contributed by atoms with Gasteiger partial charge in [-0.2, -0.15) is 0 Å². The van der Waals surface area contributed by atoms with Gasteiger partial charge in [0, 0.05) is 45.6 Å². The molecule has 190 valence electrons. The molecule has 1 amide bonds. The molecule has 7 heteroatoms. The number of methoxy groups -OCH3 is 1. The first-order valence-electron chi connectivity index (χ1n) is 12.2. The van der Waals surface area contributed by atoms with Crippen molar-refractivity contribution < 1.29 is 23.8 Å². The van der Waals surface area contributed by atoms with Crippen molar-refractivity contribution in [3.05, 3.63) is 71.8 Å². The highest BCUT2D eigenvalue weighted by molar-refractivity contribution is 5.80. The number of likely N-dealkylation sites (tertiary alicyclic amines) is 1. The molecule has 1 heterocycles. The Labute approximate surface area is 209 Å². The van der Waals surface area contributed by atoms with E-state index in [2.05, 4.69) is 29.2 Å². The largest absolute Gasteiger partial charge is 0.467 e. The van der Waals surface area contributed by atoms with E-state index in [4.69, 9.17) is 14.2 Å². The molecule has 0 N–H and O–H groups in total.